The number of aliphatic carboxylic acids is 1. The van der Waals surface area contributed by atoms with Gasteiger partial charge in [0.15, 0.2) is 0 Å². The van der Waals surface area contributed by atoms with E-state index in [9.17, 15) is 9.59 Å². The van der Waals surface area contributed by atoms with Gasteiger partial charge < -0.3 is 9.84 Å². The number of esters is 1. The molecule has 0 fully saturated rings. The van der Waals surface area contributed by atoms with Crippen LogP contribution in [0.3, 0.4) is 0 Å². The van der Waals surface area contributed by atoms with E-state index in [4.69, 9.17) is 9.84 Å². The summed E-state index contributed by atoms with van der Waals surface area (Å²) in [6.45, 7) is 7.42. The average Bonchev–Trinajstić information content (AvgIpc) is 2.01. The van der Waals surface area contributed by atoms with Crippen molar-refractivity contribution in [2.24, 2.45) is 5.92 Å². The lowest BCUT2D eigenvalue weighted by molar-refractivity contribution is -0.144. The number of carboxylic acids is 1. The predicted molar refractivity (Wildman–Crippen MR) is 56.4 cm³/mol. The Morgan fingerprint density at radius 3 is 2.20 bits per heavy atom. The van der Waals surface area contributed by atoms with Crippen LogP contribution in [-0.4, -0.2) is 23.7 Å². The summed E-state index contributed by atoms with van der Waals surface area (Å²) in [5.74, 6) is -1.65. The number of carboxylic acid groups (broad SMARTS) is 1. The molecule has 0 aliphatic carbocycles. The Bertz CT molecular complexity index is 276. The van der Waals surface area contributed by atoms with Crippen LogP contribution in [0.5, 0.6) is 0 Å². The molecule has 0 aromatic rings. The smallest absolute Gasteiger partial charge is 0.345 e. The molecule has 0 saturated carbocycles. The minimum Gasteiger partial charge on any atom is -0.477 e. The first-order valence-electron chi connectivity index (χ1n) is 5.00. The molecule has 0 heterocycles. The minimum absolute atomic E-state index is 0.185. The van der Waals surface area contributed by atoms with Crippen LogP contribution >= 0.6 is 0 Å². The molecule has 86 valence electrons. The van der Waals surface area contributed by atoms with Gasteiger partial charge in [0.2, 0.25) is 0 Å². The van der Waals surface area contributed by atoms with Gasteiger partial charge in [0.1, 0.15) is 5.57 Å². The quantitative estimate of drug-likeness (QED) is 0.329. The molecule has 0 amide bonds. The molecule has 0 unspecified atom stereocenters. The largest absolute Gasteiger partial charge is 0.477 e. The zero-order valence-corrected chi connectivity index (χ0v) is 9.66. The maximum Gasteiger partial charge on any atom is 0.345 e. The first-order chi connectivity index (χ1) is 6.90. The van der Waals surface area contributed by atoms with E-state index in [-0.39, 0.29) is 12.2 Å². The number of allylic oxidation sites excluding steroid dienone is 1. The Morgan fingerprint density at radius 1 is 1.33 bits per heavy atom. The van der Waals surface area contributed by atoms with Gasteiger partial charge >= 0.3 is 11.9 Å². The van der Waals surface area contributed by atoms with Crippen LogP contribution in [0.15, 0.2) is 11.1 Å². The monoisotopic (exact) mass is 214 g/mol. The molecular weight excluding hydrogens is 196 g/mol. The lowest BCUT2D eigenvalue weighted by atomic mass is 9.99. The van der Waals surface area contributed by atoms with E-state index in [0.717, 1.165) is 0 Å². The maximum atomic E-state index is 11.3. The van der Waals surface area contributed by atoms with Crippen molar-refractivity contribution in [3.63, 3.8) is 0 Å². The summed E-state index contributed by atoms with van der Waals surface area (Å²) in [6.07, 6.45) is 0.584. The summed E-state index contributed by atoms with van der Waals surface area (Å²) in [5.41, 5.74) is 0.335. The number of rotatable bonds is 5. The highest BCUT2D eigenvalue weighted by Crippen LogP contribution is 2.16. The molecule has 0 rings (SSSR count). The molecule has 0 saturated heterocycles. The lowest BCUT2D eigenvalue weighted by Gasteiger charge is -2.09. The van der Waals surface area contributed by atoms with Gasteiger partial charge in [0.25, 0.3) is 0 Å². The molecular formula is C11H18O4. The van der Waals surface area contributed by atoms with Crippen molar-refractivity contribution in [1.29, 1.82) is 0 Å². The molecule has 1 N–H and O–H groups in total. The Labute approximate surface area is 89.9 Å². The number of carbonyl (C=O) groups excluding carboxylic acids is 1. The highest BCUT2D eigenvalue weighted by atomic mass is 16.5. The Balaban J connectivity index is 4.93. The Morgan fingerprint density at radius 2 is 1.87 bits per heavy atom. The van der Waals surface area contributed by atoms with E-state index in [0.29, 0.717) is 17.9 Å². The van der Waals surface area contributed by atoms with E-state index in [1.165, 1.54) is 0 Å². The van der Waals surface area contributed by atoms with E-state index >= 15 is 0 Å². The third-order valence-electron chi connectivity index (χ3n) is 1.83. The molecule has 0 aliphatic heterocycles. The zero-order chi connectivity index (χ0) is 12.0. The van der Waals surface area contributed by atoms with Crippen LogP contribution in [0.25, 0.3) is 0 Å². The van der Waals surface area contributed by atoms with Crippen LogP contribution in [0.1, 0.15) is 34.1 Å². The number of ether oxygens (including phenoxy) is 1. The van der Waals surface area contributed by atoms with E-state index in [1.54, 1.807) is 13.8 Å². The molecule has 15 heavy (non-hydrogen) atoms. The van der Waals surface area contributed by atoms with Gasteiger partial charge in [-0.3, -0.25) is 0 Å². The van der Waals surface area contributed by atoms with Crippen molar-refractivity contribution >= 4 is 11.9 Å². The van der Waals surface area contributed by atoms with Gasteiger partial charge in [-0.25, -0.2) is 9.59 Å². The maximum absolute atomic E-state index is 11.3. The van der Waals surface area contributed by atoms with Gasteiger partial charge in [-0.1, -0.05) is 19.4 Å². The van der Waals surface area contributed by atoms with Crippen molar-refractivity contribution in [2.45, 2.75) is 34.1 Å². The van der Waals surface area contributed by atoms with Crippen molar-refractivity contribution in [3.05, 3.63) is 11.1 Å². The second kappa shape index (κ2) is 6.22. The molecule has 0 atom stereocenters. The lowest BCUT2D eigenvalue weighted by Crippen LogP contribution is -2.17. The highest BCUT2D eigenvalue weighted by molar-refractivity contribution is 6.13. The SMILES string of the molecule is CCOC(=O)C(C(=O)O)=C(C)CC(C)C. The van der Waals surface area contributed by atoms with Crippen molar-refractivity contribution in [2.75, 3.05) is 6.61 Å². The standard InChI is InChI=1S/C11H18O4/c1-5-15-11(14)9(10(12)13)8(4)6-7(2)3/h7H,5-6H2,1-4H3,(H,12,13). The summed E-state index contributed by atoms with van der Waals surface area (Å²) < 4.78 is 4.69. The van der Waals surface area contributed by atoms with Gasteiger partial charge in [-0.05, 0) is 26.2 Å². The van der Waals surface area contributed by atoms with Gasteiger partial charge in [-0.15, -0.1) is 0 Å². The summed E-state index contributed by atoms with van der Waals surface area (Å²) in [6, 6.07) is 0. The van der Waals surface area contributed by atoms with E-state index < -0.39 is 11.9 Å². The molecule has 0 aromatic heterocycles. The Kier molecular flexibility index (Phi) is 5.67. The first-order valence-corrected chi connectivity index (χ1v) is 5.00. The number of carbonyl (C=O) groups is 2. The summed E-state index contributed by atoms with van der Waals surface area (Å²) in [4.78, 5) is 22.2. The van der Waals surface area contributed by atoms with Crippen LogP contribution in [0, 0.1) is 5.92 Å². The molecule has 0 spiro atoms. The summed E-state index contributed by atoms with van der Waals surface area (Å²) in [5, 5.41) is 8.89. The van der Waals surface area contributed by atoms with Crippen LogP contribution < -0.4 is 0 Å². The molecule has 4 nitrogen and oxygen atoms in total. The number of hydrogen-bond donors (Lipinski definition) is 1. The zero-order valence-electron chi connectivity index (χ0n) is 9.66. The molecule has 0 aromatic carbocycles. The van der Waals surface area contributed by atoms with Crippen LogP contribution in [-0.2, 0) is 14.3 Å². The van der Waals surface area contributed by atoms with E-state index in [1.807, 2.05) is 13.8 Å². The number of hydrogen-bond acceptors (Lipinski definition) is 3. The van der Waals surface area contributed by atoms with Gasteiger partial charge in [-0.2, -0.15) is 0 Å². The van der Waals surface area contributed by atoms with E-state index in [2.05, 4.69) is 0 Å². The molecule has 0 aliphatic rings. The highest BCUT2D eigenvalue weighted by Gasteiger charge is 2.21. The molecule has 0 bridgehead atoms. The van der Waals surface area contributed by atoms with Crippen molar-refractivity contribution < 1.29 is 19.4 Å². The summed E-state index contributed by atoms with van der Waals surface area (Å²) >= 11 is 0. The summed E-state index contributed by atoms with van der Waals surface area (Å²) in [7, 11) is 0. The normalized spacial score (nSPS) is 12.3. The van der Waals surface area contributed by atoms with Crippen molar-refractivity contribution in [1.82, 2.24) is 0 Å². The topological polar surface area (TPSA) is 63.6 Å². The fourth-order valence-electron chi connectivity index (χ4n) is 1.36. The predicted octanol–water partition coefficient (Wildman–Crippen LogP) is 2.00. The van der Waals surface area contributed by atoms with Gasteiger partial charge in [0, 0.05) is 0 Å². The second-order valence-electron chi connectivity index (χ2n) is 3.78. The first kappa shape index (κ1) is 13.7. The molecule has 4 heteroatoms. The minimum atomic E-state index is -1.22. The third kappa shape index (κ3) is 4.63. The molecule has 0 radical (unpaired) electrons. The fraction of sp³-hybridized carbons (Fsp3) is 0.636. The van der Waals surface area contributed by atoms with Crippen LogP contribution in [0.4, 0.5) is 0 Å². The van der Waals surface area contributed by atoms with Crippen LogP contribution in [0.2, 0.25) is 0 Å². The fourth-order valence-corrected chi connectivity index (χ4v) is 1.36. The average molecular weight is 214 g/mol. The van der Waals surface area contributed by atoms with Gasteiger partial charge in [0.05, 0.1) is 6.61 Å². The third-order valence-corrected chi connectivity index (χ3v) is 1.83. The Hall–Kier alpha value is -1.32. The van der Waals surface area contributed by atoms with Crippen molar-refractivity contribution in [3.8, 4) is 0 Å². The second-order valence-corrected chi connectivity index (χ2v) is 3.78.